The van der Waals surface area contributed by atoms with Crippen LogP contribution in [0.1, 0.15) is 10.4 Å². The molecular formula is C29H25N9O3. The van der Waals surface area contributed by atoms with E-state index in [2.05, 4.69) is 54.2 Å². The van der Waals surface area contributed by atoms with Crippen molar-refractivity contribution in [2.24, 2.45) is 0 Å². The summed E-state index contributed by atoms with van der Waals surface area (Å²) in [4.78, 5) is 48.7. The third kappa shape index (κ3) is 4.21. The largest absolute Gasteiger partial charge is 0.478 e. The molecule has 41 heavy (non-hydrogen) atoms. The lowest BCUT2D eigenvalue weighted by atomic mass is 10.1. The van der Waals surface area contributed by atoms with Gasteiger partial charge in [0.2, 0.25) is 5.95 Å². The summed E-state index contributed by atoms with van der Waals surface area (Å²) in [6, 6.07) is 18.2. The van der Waals surface area contributed by atoms with E-state index in [4.69, 9.17) is 0 Å². The number of anilines is 3. The molecule has 2 N–H and O–H groups in total. The number of hydrogen-bond donors (Lipinski definition) is 2. The summed E-state index contributed by atoms with van der Waals surface area (Å²) in [5.41, 5.74) is 2.33. The number of rotatable bonds is 5. The first-order chi connectivity index (χ1) is 20.0. The molecule has 1 saturated heterocycles. The van der Waals surface area contributed by atoms with E-state index in [0.717, 1.165) is 37.6 Å². The summed E-state index contributed by atoms with van der Waals surface area (Å²) in [5.74, 6) is -0.416. The Labute approximate surface area is 233 Å². The Balaban J connectivity index is 1.33. The van der Waals surface area contributed by atoms with Crippen LogP contribution in [0.3, 0.4) is 0 Å². The van der Waals surface area contributed by atoms with Gasteiger partial charge in [-0.2, -0.15) is 9.50 Å². The van der Waals surface area contributed by atoms with Crippen molar-refractivity contribution in [3.05, 3.63) is 89.0 Å². The smallest absolute Gasteiger partial charge is 0.336 e. The van der Waals surface area contributed by atoms with Crippen LogP contribution in [0.5, 0.6) is 0 Å². The molecule has 0 aliphatic carbocycles. The predicted octanol–water partition coefficient (Wildman–Crippen LogP) is 3.17. The number of carboxylic acids is 1. The normalized spacial score (nSPS) is 14.2. The van der Waals surface area contributed by atoms with Crippen LogP contribution in [0.25, 0.3) is 33.4 Å². The monoisotopic (exact) mass is 547 g/mol. The van der Waals surface area contributed by atoms with Crippen molar-refractivity contribution in [2.45, 2.75) is 0 Å². The van der Waals surface area contributed by atoms with E-state index in [1.54, 1.807) is 41.2 Å². The molecule has 0 unspecified atom stereocenters. The van der Waals surface area contributed by atoms with Gasteiger partial charge >= 0.3 is 5.97 Å². The second kappa shape index (κ2) is 9.68. The summed E-state index contributed by atoms with van der Waals surface area (Å²) < 4.78 is 2.90. The standard InChI is InChI=1S/C29H25N9O3/c1-35-13-15-36(16-14-35)19-10-8-18(9-11-19)32-29-31-17-21-25(34-29)33-26-24-20(28(40)41)5-4-6-22(24)37(38(26)27(21)39)23-7-2-3-12-30-23/h2-12,17H,13-16H2,1H3,(H,40,41)(H,31,32,34). The summed E-state index contributed by atoms with van der Waals surface area (Å²) >= 11 is 0. The molecule has 0 bridgehead atoms. The van der Waals surface area contributed by atoms with Gasteiger partial charge in [-0.25, -0.2) is 24.4 Å². The number of benzene rings is 2. The number of carbonyl (C=O) groups is 1. The van der Waals surface area contributed by atoms with Gasteiger partial charge in [0.15, 0.2) is 17.1 Å². The van der Waals surface area contributed by atoms with Crippen LogP contribution in [0, 0.1) is 0 Å². The fourth-order valence-corrected chi connectivity index (χ4v) is 5.27. The number of piperazine rings is 1. The molecule has 0 saturated carbocycles. The SMILES string of the molecule is CN1CCN(c2ccc(Nc3ncc4c(=O)n5c(nc4n3)c3c(C(=O)O)cccc3n5-c3ccccn3)cc2)CC1. The minimum atomic E-state index is -1.13. The van der Waals surface area contributed by atoms with E-state index in [-0.39, 0.29) is 28.2 Å². The van der Waals surface area contributed by atoms with Crippen LogP contribution < -0.4 is 15.8 Å². The third-order valence-electron chi connectivity index (χ3n) is 7.39. The van der Waals surface area contributed by atoms with Gasteiger partial charge < -0.3 is 20.2 Å². The topological polar surface area (TPSA) is 134 Å². The Morgan fingerprint density at radius 3 is 2.46 bits per heavy atom. The number of aromatic carboxylic acids is 1. The third-order valence-corrected chi connectivity index (χ3v) is 7.39. The Morgan fingerprint density at radius 2 is 1.73 bits per heavy atom. The van der Waals surface area contributed by atoms with E-state index in [1.165, 1.54) is 16.8 Å². The Hall–Kier alpha value is -5.36. The first kappa shape index (κ1) is 24.7. The molecule has 2 aromatic carbocycles. The van der Waals surface area contributed by atoms with Crippen LogP contribution in [0.15, 0.2) is 77.9 Å². The number of likely N-dealkylation sites (N-methyl/N-ethyl adjacent to an activating group) is 1. The quantitative estimate of drug-likeness (QED) is 0.331. The Kier molecular flexibility index (Phi) is 5.82. The lowest BCUT2D eigenvalue weighted by Crippen LogP contribution is -2.44. The van der Waals surface area contributed by atoms with Crippen molar-refractivity contribution >= 4 is 50.9 Å². The predicted molar refractivity (Wildman–Crippen MR) is 156 cm³/mol. The molecule has 12 heteroatoms. The maximum Gasteiger partial charge on any atom is 0.336 e. The second-order valence-corrected chi connectivity index (χ2v) is 9.95. The van der Waals surface area contributed by atoms with Gasteiger partial charge in [-0.3, -0.25) is 4.79 Å². The van der Waals surface area contributed by atoms with Gasteiger partial charge in [0.1, 0.15) is 5.39 Å². The molecule has 1 aliphatic rings. The van der Waals surface area contributed by atoms with Gasteiger partial charge in [0, 0.05) is 49.9 Å². The molecule has 7 rings (SSSR count). The number of carboxylic acid groups (broad SMARTS) is 1. The van der Waals surface area contributed by atoms with Crippen LogP contribution in [-0.2, 0) is 0 Å². The molecule has 1 aliphatic heterocycles. The fourth-order valence-electron chi connectivity index (χ4n) is 5.27. The summed E-state index contributed by atoms with van der Waals surface area (Å²) in [5, 5.41) is 13.6. The Morgan fingerprint density at radius 1 is 0.927 bits per heavy atom. The molecule has 12 nitrogen and oxygen atoms in total. The van der Waals surface area contributed by atoms with Crippen LogP contribution >= 0.6 is 0 Å². The number of fused-ring (bicyclic) bond motifs is 4. The van der Waals surface area contributed by atoms with Gasteiger partial charge in [-0.15, -0.1) is 0 Å². The number of aromatic nitrogens is 6. The highest BCUT2D eigenvalue weighted by Crippen LogP contribution is 2.28. The first-order valence-corrected chi connectivity index (χ1v) is 13.2. The van der Waals surface area contributed by atoms with Crippen molar-refractivity contribution in [2.75, 3.05) is 43.4 Å². The maximum atomic E-state index is 13.8. The molecule has 204 valence electrons. The molecular weight excluding hydrogens is 522 g/mol. The molecule has 0 spiro atoms. The first-order valence-electron chi connectivity index (χ1n) is 13.2. The lowest BCUT2D eigenvalue weighted by molar-refractivity contribution is 0.0699. The molecule has 0 radical (unpaired) electrons. The highest BCUT2D eigenvalue weighted by atomic mass is 16.4. The zero-order chi connectivity index (χ0) is 28.1. The van der Waals surface area contributed by atoms with E-state index in [1.807, 2.05) is 12.1 Å². The molecule has 4 aromatic heterocycles. The average Bonchev–Trinajstić information content (AvgIpc) is 3.33. The van der Waals surface area contributed by atoms with Crippen LogP contribution in [-0.4, -0.2) is 78.3 Å². The summed E-state index contributed by atoms with van der Waals surface area (Å²) in [6.45, 7) is 4.01. The highest BCUT2D eigenvalue weighted by molar-refractivity contribution is 6.09. The second-order valence-electron chi connectivity index (χ2n) is 9.95. The zero-order valence-electron chi connectivity index (χ0n) is 22.1. The Bertz CT molecular complexity index is 1990. The summed E-state index contributed by atoms with van der Waals surface area (Å²) in [6.07, 6.45) is 3.04. The number of pyridine rings is 1. The van der Waals surface area contributed by atoms with Crippen molar-refractivity contribution < 1.29 is 9.90 Å². The number of nitrogens with one attached hydrogen (secondary N) is 1. The van der Waals surface area contributed by atoms with Crippen LogP contribution in [0.2, 0.25) is 0 Å². The van der Waals surface area contributed by atoms with Crippen molar-refractivity contribution in [1.29, 1.82) is 0 Å². The van der Waals surface area contributed by atoms with Gasteiger partial charge in [-0.1, -0.05) is 12.1 Å². The maximum absolute atomic E-state index is 13.8. The molecule has 6 aromatic rings. The van der Waals surface area contributed by atoms with Gasteiger partial charge in [0.05, 0.1) is 16.5 Å². The molecule has 1 fully saturated rings. The molecule has 5 heterocycles. The number of nitrogens with zero attached hydrogens (tertiary/aromatic N) is 8. The summed E-state index contributed by atoms with van der Waals surface area (Å²) in [7, 11) is 2.13. The molecule has 0 atom stereocenters. The highest BCUT2D eigenvalue weighted by Gasteiger charge is 2.23. The van der Waals surface area contributed by atoms with E-state index >= 15 is 0 Å². The lowest BCUT2D eigenvalue weighted by Gasteiger charge is -2.34. The minimum Gasteiger partial charge on any atom is -0.478 e. The van der Waals surface area contributed by atoms with E-state index in [9.17, 15) is 14.7 Å². The van der Waals surface area contributed by atoms with Crippen LogP contribution in [0.4, 0.5) is 17.3 Å². The number of hydrogen-bond acceptors (Lipinski definition) is 9. The average molecular weight is 548 g/mol. The van der Waals surface area contributed by atoms with Crippen molar-refractivity contribution in [1.82, 2.24) is 34.0 Å². The van der Waals surface area contributed by atoms with Gasteiger partial charge in [0.25, 0.3) is 5.56 Å². The minimum absolute atomic E-state index is 0.0220. The van der Waals surface area contributed by atoms with Crippen molar-refractivity contribution in [3.8, 4) is 5.82 Å². The molecule has 0 amide bonds. The zero-order valence-corrected chi connectivity index (χ0v) is 22.1. The van der Waals surface area contributed by atoms with E-state index in [0.29, 0.717) is 16.7 Å². The van der Waals surface area contributed by atoms with Crippen molar-refractivity contribution in [3.63, 3.8) is 0 Å². The van der Waals surface area contributed by atoms with Gasteiger partial charge in [-0.05, 0) is 55.6 Å². The van der Waals surface area contributed by atoms with E-state index < -0.39 is 11.5 Å². The fraction of sp³-hybridized carbons (Fsp3) is 0.172.